The second-order valence-electron chi connectivity index (χ2n) is 4.44. The molecule has 0 aromatic heterocycles. The van der Waals surface area contributed by atoms with Crippen LogP contribution >= 0.6 is 0 Å². The van der Waals surface area contributed by atoms with Gasteiger partial charge in [0.15, 0.2) is 0 Å². The normalized spacial score (nSPS) is 11.4. The minimum Gasteiger partial charge on any atom is -0.508 e. The van der Waals surface area contributed by atoms with Gasteiger partial charge in [-0.1, -0.05) is 18.2 Å². The number of benzene rings is 2. The number of phenolic OH excluding ortho intramolecular Hbond substituents is 1. The number of hydrogen-bond acceptors (Lipinski definition) is 2. The molecule has 0 spiro atoms. The van der Waals surface area contributed by atoms with Crippen molar-refractivity contribution >= 4 is 0 Å². The predicted molar refractivity (Wildman–Crippen MR) is 68.6 cm³/mol. The molecule has 2 rings (SSSR count). The van der Waals surface area contributed by atoms with Gasteiger partial charge in [-0.25, -0.2) is 0 Å². The van der Waals surface area contributed by atoms with Gasteiger partial charge in [0.2, 0.25) is 0 Å². The van der Waals surface area contributed by atoms with E-state index >= 15 is 0 Å². The van der Waals surface area contributed by atoms with Gasteiger partial charge < -0.3 is 9.84 Å². The molecule has 1 N–H and O–H groups in total. The summed E-state index contributed by atoms with van der Waals surface area (Å²) in [6.45, 7) is 1.85. The first-order valence-electron chi connectivity index (χ1n) is 5.95. The molecule has 0 heterocycles. The summed E-state index contributed by atoms with van der Waals surface area (Å²) in [6.07, 6.45) is -4.39. The molecular formula is C15H13F3O2. The second kappa shape index (κ2) is 5.45. The van der Waals surface area contributed by atoms with E-state index in [1.165, 1.54) is 18.2 Å². The van der Waals surface area contributed by atoms with Crippen LogP contribution in [0.5, 0.6) is 11.5 Å². The number of ether oxygens (including phenoxy) is 1. The molecule has 0 amide bonds. The van der Waals surface area contributed by atoms with Crippen LogP contribution < -0.4 is 4.74 Å². The van der Waals surface area contributed by atoms with Crippen molar-refractivity contribution < 1.29 is 23.0 Å². The van der Waals surface area contributed by atoms with Gasteiger partial charge >= 0.3 is 6.18 Å². The Labute approximate surface area is 114 Å². The zero-order valence-corrected chi connectivity index (χ0v) is 10.7. The van der Waals surface area contributed by atoms with E-state index in [4.69, 9.17) is 4.74 Å². The Bertz CT molecular complexity index is 606. The van der Waals surface area contributed by atoms with Crippen LogP contribution in [0, 0.1) is 6.92 Å². The first-order valence-corrected chi connectivity index (χ1v) is 5.95. The summed E-state index contributed by atoms with van der Waals surface area (Å²) in [7, 11) is 0. The van der Waals surface area contributed by atoms with Gasteiger partial charge in [0.1, 0.15) is 18.1 Å². The molecule has 0 fully saturated rings. The van der Waals surface area contributed by atoms with Crippen LogP contribution in [0.15, 0.2) is 42.5 Å². The van der Waals surface area contributed by atoms with Gasteiger partial charge in [-0.05, 0) is 42.3 Å². The molecule has 0 saturated heterocycles. The topological polar surface area (TPSA) is 29.5 Å². The third kappa shape index (κ3) is 3.44. The fraction of sp³-hybridized carbons (Fsp3) is 0.200. The van der Waals surface area contributed by atoms with Crippen molar-refractivity contribution in [3.63, 3.8) is 0 Å². The molecule has 0 aliphatic heterocycles. The van der Waals surface area contributed by atoms with Gasteiger partial charge in [-0.15, -0.1) is 0 Å². The Morgan fingerprint density at radius 1 is 1.10 bits per heavy atom. The van der Waals surface area contributed by atoms with Crippen molar-refractivity contribution in [3.8, 4) is 11.5 Å². The van der Waals surface area contributed by atoms with Crippen molar-refractivity contribution in [2.24, 2.45) is 0 Å². The lowest BCUT2D eigenvalue weighted by Crippen LogP contribution is -2.05. The van der Waals surface area contributed by atoms with Crippen molar-refractivity contribution in [1.82, 2.24) is 0 Å². The fourth-order valence-corrected chi connectivity index (χ4v) is 1.67. The molecule has 20 heavy (non-hydrogen) atoms. The fourth-order valence-electron chi connectivity index (χ4n) is 1.67. The van der Waals surface area contributed by atoms with Crippen LogP contribution in [0.4, 0.5) is 13.2 Å². The summed E-state index contributed by atoms with van der Waals surface area (Å²) in [6, 6.07) is 9.71. The lowest BCUT2D eigenvalue weighted by Gasteiger charge is -2.10. The minimum atomic E-state index is -4.39. The summed E-state index contributed by atoms with van der Waals surface area (Å²) >= 11 is 0. The number of halogens is 3. The number of phenols is 1. The molecule has 2 aromatic carbocycles. The van der Waals surface area contributed by atoms with Crippen molar-refractivity contribution in [2.45, 2.75) is 19.7 Å². The van der Waals surface area contributed by atoms with Gasteiger partial charge in [-0.2, -0.15) is 13.2 Å². The highest BCUT2D eigenvalue weighted by Crippen LogP contribution is 2.31. The van der Waals surface area contributed by atoms with E-state index in [2.05, 4.69) is 0 Å². The molecule has 2 aromatic rings. The Kier molecular flexibility index (Phi) is 3.88. The highest BCUT2D eigenvalue weighted by Gasteiger charge is 2.30. The maximum Gasteiger partial charge on any atom is 0.416 e. The number of alkyl halides is 3. The van der Waals surface area contributed by atoms with E-state index in [0.717, 1.165) is 17.7 Å². The molecule has 2 nitrogen and oxygen atoms in total. The van der Waals surface area contributed by atoms with E-state index in [1.807, 2.05) is 0 Å². The maximum absolute atomic E-state index is 12.5. The molecule has 0 saturated carbocycles. The molecule has 0 radical (unpaired) electrons. The van der Waals surface area contributed by atoms with Gasteiger partial charge in [-0.3, -0.25) is 0 Å². The minimum absolute atomic E-state index is 0.0924. The Morgan fingerprint density at radius 3 is 2.50 bits per heavy atom. The van der Waals surface area contributed by atoms with Crippen LogP contribution in [0.2, 0.25) is 0 Å². The van der Waals surface area contributed by atoms with Gasteiger partial charge in [0.25, 0.3) is 0 Å². The van der Waals surface area contributed by atoms with E-state index in [9.17, 15) is 18.3 Å². The van der Waals surface area contributed by atoms with Gasteiger partial charge in [0.05, 0.1) is 5.56 Å². The van der Waals surface area contributed by atoms with Gasteiger partial charge in [0, 0.05) is 0 Å². The van der Waals surface area contributed by atoms with E-state index in [0.29, 0.717) is 5.56 Å². The predicted octanol–water partition coefficient (Wildman–Crippen LogP) is 4.30. The highest BCUT2D eigenvalue weighted by molar-refractivity contribution is 5.35. The molecule has 0 aliphatic carbocycles. The largest absolute Gasteiger partial charge is 0.508 e. The molecule has 0 aliphatic rings. The molecule has 0 bridgehead atoms. The number of aryl methyl sites for hydroxylation is 1. The maximum atomic E-state index is 12.5. The SMILES string of the molecule is Cc1ccc(COc2cccc(C(F)(F)F)c2)cc1O. The van der Waals surface area contributed by atoms with Crippen LogP contribution in [0.25, 0.3) is 0 Å². The summed E-state index contributed by atoms with van der Waals surface area (Å²) in [5, 5.41) is 9.54. The molecular weight excluding hydrogens is 269 g/mol. The average molecular weight is 282 g/mol. The molecule has 0 unspecified atom stereocenters. The molecule has 5 heteroatoms. The summed E-state index contributed by atoms with van der Waals surface area (Å²) in [4.78, 5) is 0. The van der Waals surface area contributed by atoms with E-state index in [-0.39, 0.29) is 18.1 Å². The van der Waals surface area contributed by atoms with Crippen molar-refractivity contribution in [2.75, 3.05) is 0 Å². The highest BCUT2D eigenvalue weighted by atomic mass is 19.4. The molecule has 0 atom stereocenters. The quantitative estimate of drug-likeness (QED) is 0.909. The summed E-state index contributed by atoms with van der Waals surface area (Å²) in [5.41, 5.74) is 0.667. The van der Waals surface area contributed by atoms with Crippen molar-refractivity contribution in [3.05, 3.63) is 59.2 Å². The molecule has 106 valence electrons. The average Bonchev–Trinajstić information content (AvgIpc) is 2.39. The number of rotatable bonds is 3. The Hall–Kier alpha value is -2.17. The Balaban J connectivity index is 2.09. The second-order valence-corrected chi connectivity index (χ2v) is 4.44. The van der Waals surface area contributed by atoms with Crippen LogP contribution in [-0.4, -0.2) is 5.11 Å². The lowest BCUT2D eigenvalue weighted by atomic mass is 10.1. The number of hydrogen-bond donors (Lipinski definition) is 1. The number of aromatic hydroxyl groups is 1. The third-order valence-corrected chi connectivity index (χ3v) is 2.84. The van der Waals surface area contributed by atoms with E-state index < -0.39 is 11.7 Å². The van der Waals surface area contributed by atoms with Crippen LogP contribution in [0.1, 0.15) is 16.7 Å². The third-order valence-electron chi connectivity index (χ3n) is 2.84. The standard InChI is InChI=1S/C15H13F3O2/c1-10-5-6-11(7-14(10)19)9-20-13-4-2-3-12(8-13)15(16,17)18/h2-8,19H,9H2,1H3. The first-order chi connectivity index (χ1) is 9.36. The summed E-state index contributed by atoms with van der Waals surface area (Å²) < 4.78 is 42.9. The van der Waals surface area contributed by atoms with Crippen molar-refractivity contribution in [1.29, 1.82) is 0 Å². The monoisotopic (exact) mass is 282 g/mol. The van der Waals surface area contributed by atoms with Crippen LogP contribution in [0.3, 0.4) is 0 Å². The lowest BCUT2D eigenvalue weighted by molar-refractivity contribution is -0.137. The van der Waals surface area contributed by atoms with Crippen LogP contribution in [-0.2, 0) is 12.8 Å². The van der Waals surface area contributed by atoms with E-state index in [1.54, 1.807) is 19.1 Å². The zero-order valence-electron chi connectivity index (χ0n) is 10.7. The Morgan fingerprint density at radius 2 is 1.85 bits per heavy atom. The first kappa shape index (κ1) is 14.2. The zero-order chi connectivity index (χ0) is 14.8. The summed E-state index contributed by atoms with van der Waals surface area (Å²) in [5.74, 6) is 0.273. The smallest absolute Gasteiger partial charge is 0.416 e.